The first kappa shape index (κ1) is 26.9. The molecule has 1 aromatic carbocycles. The van der Waals surface area contributed by atoms with Crippen LogP contribution in [-0.4, -0.2) is 36.0 Å². The normalized spacial score (nSPS) is 11.3. The van der Waals surface area contributed by atoms with Gasteiger partial charge in [-0.15, -0.1) is 0 Å². The van der Waals surface area contributed by atoms with Crippen LogP contribution in [0.4, 0.5) is 0 Å². The first-order valence-corrected chi connectivity index (χ1v) is 12.0. The van der Waals surface area contributed by atoms with Gasteiger partial charge in [-0.2, -0.15) is 8.42 Å². The Kier molecular flexibility index (Phi) is 16.8. The van der Waals surface area contributed by atoms with E-state index >= 15 is 0 Å². The first-order chi connectivity index (χ1) is 12.6. The van der Waals surface area contributed by atoms with Crippen molar-refractivity contribution in [1.82, 2.24) is 0 Å². The van der Waals surface area contributed by atoms with E-state index in [2.05, 4.69) is 6.92 Å². The molecule has 0 aliphatic heterocycles. The Bertz CT molecular complexity index is 583. The van der Waals surface area contributed by atoms with Crippen molar-refractivity contribution in [3.05, 3.63) is 29.8 Å². The van der Waals surface area contributed by atoms with Gasteiger partial charge in [0.05, 0.1) is 4.90 Å². The van der Waals surface area contributed by atoms with Gasteiger partial charge in [0.25, 0.3) is 10.1 Å². The molecule has 1 aromatic rings. The second-order valence-electron chi connectivity index (χ2n) is 7.43. The Morgan fingerprint density at radius 1 is 0.741 bits per heavy atom. The number of hydrogen-bond donors (Lipinski definition) is 1. The van der Waals surface area contributed by atoms with E-state index in [-0.39, 0.29) is 30.8 Å². The molecule has 1 rings (SSSR count). The second kappa shape index (κ2) is 16.8. The minimum Gasteiger partial charge on any atom is -1.00 e. The van der Waals surface area contributed by atoms with Crippen molar-refractivity contribution in [2.45, 2.75) is 108 Å². The molecule has 0 atom stereocenters. The van der Waals surface area contributed by atoms with Crippen LogP contribution in [0, 0.1) is 0 Å². The molecule has 154 valence electrons. The SMILES string of the molecule is CCCCCCCCCCCCCCCCc1ccccc1S(=O)(=O)O.[H-].[H-].[Mg+2]. The Labute approximate surface area is 186 Å². The maximum Gasteiger partial charge on any atom is 2.00 e. The third kappa shape index (κ3) is 13.7. The smallest absolute Gasteiger partial charge is 1.00 e. The van der Waals surface area contributed by atoms with Crippen molar-refractivity contribution in [2.75, 3.05) is 0 Å². The van der Waals surface area contributed by atoms with Gasteiger partial charge in [0.1, 0.15) is 0 Å². The van der Waals surface area contributed by atoms with Crippen LogP contribution in [-0.2, 0) is 16.5 Å². The molecule has 5 heteroatoms. The van der Waals surface area contributed by atoms with E-state index in [1.54, 1.807) is 12.1 Å². The van der Waals surface area contributed by atoms with Crippen LogP contribution in [0.15, 0.2) is 29.2 Å². The van der Waals surface area contributed by atoms with E-state index in [0.717, 1.165) is 18.4 Å². The summed E-state index contributed by atoms with van der Waals surface area (Å²) in [5.74, 6) is 0. The van der Waals surface area contributed by atoms with Crippen molar-refractivity contribution in [3.8, 4) is 0 Å². The Morgan fingerprint density at radius 2 is 1.15 bits per heavy atom. The molecule has 0 fully saturated rings. The minimum atomic E-state index is -4.10. The van der Waals surface area contributed by atoms with Crippen LogP contribution in [0.1, 0.15) is 105 Å². The second-order valence-corrected chi connectivity index (χ2v) is 8.82. The standard InChI is InChI=1S/C22H38O3S.Mg.2H/c1-2-3-4-5-6-7-8-9-10-11-12-13-14-15-18-21-19-16-17-20-22(21)26(23,24)25;;;/h16-17,19-20H,2-15,18H2,1H3,(H,23,24,25);;;/q;+2;2*-1. The molecule has 0 spiro atoms. The van der Waals surface area contributed by atoms with Crippen LogP contribution in [0.5, 0.6) is 0 Å². The fourth-order valence-electron chi connectivity index (χ4n) is 3.47. The van der Waals surface area contributed by atoms with Crippen LogP contribution in [0.2, 0.25) is 0 Å². The molecule has 0 saturated heterocycles. The maximum absolute atomic E-state index is 11.4. The summed E-state index contributed by atoms with van der Waals surface area (Å²) in [6.07, 6.45) is 19.1. The number of aryl methyl sites for hydroxylation is 1. The van der Waals surface area contributed by atoms with E-state index in [9.17, 15) is 13.0 Å². The van der Waals surface area contributed by atoms with Gasteiger partial charge in [-0.3, -0.25) is 4.55 Å². The summed E-state index contributed by atoms with van der Waals surface area (Å²) in [4.78, 5) is 0.0645. The Balaban J connectivity index is -0.00000225. The monoisotopic (exact) mass is 408 g/mol. The predicted octanol–water partition coefficient (Wildman–Crippen LogP) is 6.80. The predicted molar refractivity (Wildman–Crippen MR) is 118 cm³/mol. The summed E-state index contributed by atoms with van der Waals surface area (Å²) in [6.45, 7) is 2.26. The van der Waals surface area contributed by atoms with Crippen molar-refractivity contribution in [1.29, 1.82) is 0 Å². The zero-order valence-electron chi connectivity index (χ0n) is 19.3. The van der Waals surface area contributed by atoms with Crippen molar-refractivity contribution < 1.29 is 15.8 Å². The molecule has 0 aromatic heterocycles. The third-order valence-corrected chi connectivity index (χ3v) is 6.00. The average Bonchev–Trinajstić information content (AvgIpc) is 2.61. The Hall–Kier alpha value is -0.104. The van der Waals surface area contributed by atoms with Gasteiger partial charge in [0, 0.05) is 0 Å². The van der Waals surface area contributed by atoms with Crippen molar-refractivity contribution in [3.63, 3.8) is 0 Å². The van der Waals surface area contributed by atoms with Crippen LogP contribution < -0.4 is 0 Å². The van der Waals surface area contributed by atoms with Crippen LogP contribution in [0.3, 0.4) is 0 Å². The summed E-state index contributed by atoms with van der Waals surface area (Å²) >= 11 is 0. The van der Waals surface area contributed by atoms with Crippen molar-refractivity contribution in [2.24, 2.45) is 0 Å². The molecule has 0 saturated carbocycles. The summed E-state index contributed by atoms with van der Waals surface area (Å²) < 4.78 is 32.0. The van der Waals surface area contributed by atoms with Crippen molar-refractivity contribution >= 4 is 33.2 Å². The molecule has 3 nitrogen and oxygen atoms in total. The first-order valence-electron chi connectivity index (χ1n) is 10.6. The summed E-state index contributed by atoms with van der Waals surface area (Å²) in [5.41, 5.74) is 0.730. The molecule has 1 N–H and O–H groups in total. The van der Waals surface area contributed by atoms with E-state index < -0.39 is 10.1 Å². The van der Waals surface area contributed by atoms with Gasteiger partial charge < -0.3 is 2.85 Å². The molecule has 27 heavy (non-hydrogen) atoms. The zero-order chi connectivity index (χ0) is 19.1. The maximum atomic E-state index is 11.4. The fraction of sp³-hybridized carbons (Fsp3) is 0.727. The van der Waals surface area contributed by atoms with Crippen LogP contribution >= 0.6 is 0 Å². The molecular weight excluding hydrogens is 369 g/mol. The number of rotatable bonds is 16. The van der Waals surface area contributed by atoms with E-state index in [1.807, 2.05) is 6.07 Å². The summed E-state index contributed by atoms with van der Waals surface area (Å²) in [5, 5.41) is 0. The van der Waals surface area contributed by atoms with Crippen LogP contribution in [0.25, 0.3) is 0 Å². The zero-order valence-corrected chi connectivity index (χ0v) is 19.5. The largest absolute Gasteiger partial charge is 2.00 e. The molecule has 0 unspecified atom stereocenters. The topological polar surface area (TPSA) is 54.4 Å². The number of unbranched alkanes of at least 4 members (excludes halogenated alkanes) is 13. The number of hydrogen-bond acceptors (Lipinski definition) is 2. The Morgan fingerprint density at radius 3 is 1.59 bits per heavy atom. The van der Waals surface area contributed by atoms with Gasteiger partial charge in [0.2, 0.25) is 0 Å². The quantitative estimate of drug-likeness (QED) is 0.186. The minimum absolute atomic E-state index is 0. The molecule has 0 heterocycles. The average molecular weight is 409 g/mol. The fourth-order valence-corrected chi connectivity index (χ4v) is 4.22. The molecule has 0 amide bonds. The van der Waals surface area contributed by atoms with Gasteiger partial charge in [-0.25, -0.2) is 0 Å². The summed E-state index contributed by atoms with van der Waals surface area (Å²) in [6, 6.07) is 6.76. The van der Waals surface area contributed by atoms with Gasteiger partial charge in [0.15, 0.2) is 0 Å². The molecule has 0 radical (unpaired) electrons. The van der Waals surface area contributed by atoms with E-state index in [1.165, 1.54) is 83.1 Å². The molecule has 0 bridgehead atoms. The van der Waals surface area contributed by atoms with Gasteiger partial charge in [-0.1, -0.05) is 109 Å². The van der Waals surface area contributed by atoms with Gasteiger partial charge in [-0.05, 0) is 24.5 Å². The summed E-state index contributed by atoms with van der Waals surface area (Å²) in [7, 11) is -4.10. The molecule has 0 aliphatic carbocycles. The van der Waals surface area contributed by atoms with E-state index in [0.29, 0.717) is 6.42 Å². The van der Waals surface area contributed by atoms with E-state index in [4.69, 9.17) is 0 Å². The number of benzene rings is 1. The third-order valence-electron chi connectivity index (χ3n) is 5.05. The van der Waals surface area contributed by atoms with Gasteiger partial charge >= 0.3 is 23.1 Å². The molecular formula is C22H40MgO3S. The molecule has 0 aliphatic rings.